The molecule has 2 aromatic carbocycles. The number of halogens is 1. The Kier molecular flexibility index (Phi) is 5.69. The molecular formula is C18H15ClN2O5S2. The van der Waals surface area contributed by atoms with E-state index >= 15 is 0 Å². The molecule has 3 rings (SSSR count). The quantitative estimate of drug-likeness (QED) is 0.546. The molecule has 0 radical (unpaired) electrons. The number of methoxy groups -OCH3 is 1. The zero-order chi connectivity index (χ0) is 20.5. The van der Waals surface area contributed by atoms with E-state index in [0.717, 1.165) is 17.3 Å². The van der Waals surface area contributed by atoms with Crippen LogP contribution in [0.5, 0.6) is 11.5 Å². The van der Waals surface area contributed by atoms with E-state index < -0.39 is 16.0 Å². The van der Waals surface area contributed by atoms with Crippen LogP contribution in [0.25, 0.3) is 6.08 Å². The number of hydrogen-bond donors (Lipinski definition) is 2. The Bertz CT molecular complexity index is 1100. The van der Waals surface area contributed by atoms with Crippen molar-refractivity contribution in [1.29, 1.82) is 5.41 Å². The maximum Gasteiger partial charge on any atom is 0.339 e. The molecule has 1 heterocycles. The summed E-state index contributed by atoms with van der Waals surface area (Å²) in [4.78, 5) is 12.0. The molecule has 1 fully saturated rings. The van der Waals surface area contributed by atoms with Gasteiger partial charge in [-0.25, -0.2) is 0 Å². The maximum atomic E-state index is 12.5. The molecule has 0 saturated carbocycles. The highest BCUT2D eigenvalue weighted by Gasteiger charge is 2.24. The summed E-state index contributed by atoms with van der Waals surface area (Å²) in [6.45, 7) is 1.84. The Labute approximate surface area is 171 Å². The summed E-state index contributed by atoms with van der Waals surface area (Å²) in [5, 5.41) is 9.87. The van der Waals surface area contributed by atoms with Crippen molar-refractivity contribution in [3.63, 3.8) is 0 Å². The Morgan fingerprint density at radius 1 is 1.21 bits per heavy atom. The van der Waals surface area contributed by atoms with Gasteiger partial charge in [0.05, 0.1) is 17.0 Å². The molecule has 0 bridgehead atoms. The van der Waals surface area contributed by atoms with Crippen LogP contribution in [0, 0.1) is 12.3 Å². The fraction of sp³-hybridized carbons (Fsp3) is 0.111. The average Bonchev–Trinajstić information content (AvgIpc) is 2.94. The number of nitrogens with one attached hydrogen (secondary N) is 2. The van der Waals surface area contributed by atoms with Gasteiger partial charge < -0.3 is 14.2 Å². The lowest BCUT2D eigenvalue weighted by Gasteiger charge is -2.13. The number of benzene rings is 2. The van der Waals surface area contributed by atoms with Gasteiger partial charge in [-0.1, -0.05) is 29.3 Å². The Hall–Kier alpha value is -2.49. The summed E-state index contributed by atoms with van der Waals surface area (Å²) >= 11 is 7.21. The van der Waals surface area contributed by atoms with Gasteiger partial charge in [0.2, 0.25) is 5.75 Å². The van der Waals surface area contributed by atoms with E-state index in [1.54, 1.807) is 12.1 Å². The van der Waals surface area contributed by atoms with Gasteiger partial charge in [-0.3, -0.25) is 10.2 Å². The third kappa shape index (κ3) is 4.32. The van der Waals surface area contributed by atoms with Gasteiger partial charge in [-0.2, -0.15) is 8.42 Å². The van der Waals surface area contributed by atoms with Crippen LogP contribution in [0.1, 0.15) is 11.1 Å². The second-order valence-electron chi connectivity index (χ2n) is 5.78. The minimum absolute atomic E-state index is 0.000341. The van der Waals surface area contributed by atoms with Crippen molar-refractivity contribution in [3.8, 4) is 11.5 Å². The number of aryl methyl sites for hydroxylation is 1. The van der Waals surface area contributed by atoms with E-state index in [0.29, 0.717) is 10.5 Å². The van der Waals surface area contributed by atoms with E-state index in [1.165, 1.54) is 37.5 Å². The molecule has 10 heteroatoms. The second-order valence-corrected chi connectivity index (χ2v) is 8.78. The van der Waals surface area contributed by atoms with Crippen molar-refractivity contribution in [3.05, 3.63) is 57.5 Å². The molecule has 0 aliphatic carbocycles. The molecule has 2 N–H and O–H groups in total. The van der Waals surface area contributed by atoms with Crippen LogP contribution >= 0.6 is 23.4 Å². The topological polar surface area (TPSA) is 106 Å². The lowest BCUT2D eigenvalue weighted by molar-refractivity contribution is -0.115. The number of amidine groups is 1. The summed E-state index contributed by atoms with van der Waals surface area (Å²) in [7, 11) is -2.76. The zero-order valence-electron chi connectivity index (χ0n) is 14.8. The van der Waals surface area contributed by atoms with E-state index in [1.807, 2.05) is 6.92 Å². The second kappa shape index (κ2) is 7.86. The molecule has 0 atom stereocenters. The van der Waals surface area contributed by atoms with Gasteiger partial charge >= 0.3 is 10.1 Å². The van der Waals surface area contributed by atoms with Crippen LogP contribution in [0.2, 0.25) is 5.02 Å². The minimum Gasteiger partial charge on any atom is -0.493 e. The molecule has 2 aromatic rings. The van der Waals surface area contributed by atoms with Crippen LogP contribution in [0.3, 0.4) is 0 Å². The third-order valence-corrected chi connectivity index (χ3v) is 6.06. The number of carbonyl (C=O) groups excluding carboxylic acids is 1. The summed E-state index contributed by atoms with van der Waals surface area (Å²) in [6, 6.07) is 9.14. The van der Waals surface area contributed by atoms with E-state index in [-0.39, 0.29) is 26.6 Å². The van der Waals surface area contributed by atoms with Crippen LogP contribution in [0.4, 0.5) is 0 Å². The van der Waals surface area contributed by atoms with Crippen molar-refractivity contribution < 1.29 is 22.1 Å². The first-order chi connectivity index (χ1) is 13.2. The van der Waals surface area contributed by atoms with Gasteiger partial charge in [-0.05, 0) is 54.6 Å². The lowest BCUT2D eigenvalue weighted by Crippen LogP contribution is -2.18. The lowest BCUT2D eigenvalue weighted by atomic mass is 10.2. The van der Waals surface area contributed by atoms with Gasteiger partial charge in [0.25, 0.3) is 5.91 Å². The molecule has 1 amide bonds. The number of amides is 1. The smallest absolute Gasteiger partial charge is 0.339 e. The minimum atomic E-state index is -4.11. The number of hydrogen-bond acceptors (Lipinski definition) is 7. The highest BCUT2D eigenvalue weighted by molar-refractivity contribution is 8.18. The predicted molar refractivity (Wildman–Crippen MR) is 108 cm³/mol. The fourth-order valence-electron chi connectivity index (χ4n) is 2.36. The SMILES string of the molecule is COc1cc(C=C2SC(=N)NC2=O)cc(Cl)c1OS(=O)(=O)c1ccc(C)cc1. The largest absolute Gasteiger partial charge is 0.493 e. The highest BCUT2D eigenvalue weighted by atomic mass is 35.5. The number of thioether (sulfide) groups is 1. The first kappa shape index (κ1) is 20.2. The van der Waals surface area contributed by atoms with Gasteiger partial charge in [0, 0.05) is 0 Å². The normalized spacial score (nSPS) is 15.6. The number of rotatable bonds is 5. The first-order valence-corrected chi connectivity index (χ1v) is 10.5. The van der Waals surface area contributed by atoms with Crippen LogP contribution < -0.4 is 14.2 Å². The van der Waals surface area contributed by atoms with E-state index in [2.05, 4.69) is 5.32 Å². The monoisotopic (exact) mass is 438 g/mol. The van der Waals surface area contributed by atoms with Gasteiger partial charge in [0.15, 0.2) is 10.9 Å². The fourth-order valence-corrected chi connectivity index (χ4v) is 4.32. The van der Waals surface area contributed by atoms with Crippen LogP contribution in [-0.4, -0.2) is 26.6 Å². The number of carbonyl (C=O) groups is 1. The van der Waals surface area contributed by atoms with Crippen LogP contribution in [0.15, 0.2) is 46.2 Å². The number of ether oxygens (including phenoxy) is 1. The van der Waals surface area contributed by atoms with Crippen molar-refractivity contribution in [2.24, 2.45) is 0 Å². The molecule has 7 nitrogen and oxygen atoms in total. The molecule has 0 unspecified atom stereocenters. The molecule has 0 aromatic heterocycles. The molecule has 1 aliphatic heterocycles. The van der Waals surface area contributed by atoms with Crippen molar-refractivity contribution >= 4 is 50.6 Å². The van der Waals surface area contributed by atoms with Gasteiger partial charge in [0.1, 0.15) is 4.90 Å². The summed E-state index contributed by atoms with van der Waals surface area (Å²) in [5.41, 5.74) is 1.41. The summed E-state index contributed by atoms with van der Waals surface area (Å²) in [6.07, 6.45) is 1.52. The average molecular weight is 439 g/mol. The van der Waals surface area contributed by atoms with E-state index in [9.17, 15) is 13.2 Å². The molecule has 1 saturated heterocycles. The van der Waals surface area contributed by atoms with Crippen molar-refractivity contribution in [1.82, 2.24) is 5.32 Å². The molecule has 1 aliphatic rings. The molecule has 0 spiro atoms. The van der Waals surface area contributed by atoms with Crippen molar-refractivity contribution in [2.45, 2.75) is 11.8 Å². The Balaban J connectivity index is 1.96. The predicted octanol–water partition coefficient (Wildman–Crippen LogP) is 3.56. The zero-order valence-corrected chi connectivity index (χ0v) is 17.2. The van der Waals surface area contributed by atoms with Crippen molar-refractivity contribution in [2.75, 3.05) is 7.11 Å². The van der Waals surface area contributed by atoms with E-state index in [4.69, 9.17) is 25.9 Å². The summed E-state index contributed by atoms with van der Waals surface area (Å²) < 4.78 is 35.5. The highest BCUT2D eigenvalue weighted by Crippen LogP contribution is 2.39. The maximum absolute atomic E-state index is 12.5. The molecular weight excluding hydrogens is 424 g/mol. The Morgan fingerprint density at radius 2 is 1.89 bits per heavy atom. The Morgan fingerprint density at radius 3 is 2.46 bits per heavy atom. The summed E-state index contributed by atoms with van der Waals surface area (Å²) in [5.74, 6) is -0.455. The van der Waals surface area contributed by atoms with Gasteiger partial charge in [-0.15, -0.1) is 0 Å². The molecule has 28 heavy (non-hydrogen) atoms. The van der Waals surface area contributed by atoms with Crippen LogP contribution in [-0.2, 0) is 14.9 Å². The third-order valence-electron chi connectivity index (χ3n) is 3.72. The standard InChI is InChI=1S/C18H15ClN2O5S2/c1-10-3-5-12(6-4-10)28(23,24)26-16-13(19)7-11(8-14(16)25-2)9-15-17(22)21-18(20)27-15/h3-9H,1-2H3,(H2,20,21,22). The first-order valence-electron chi connectivity index (χ1n) is 7.88. The molecule has 146 valence electrons.